The maximum absolute atomic E-state index is 5.51. The van der Waals surface area contributed by atoms with Crippen molar-refractivity contribution in [1.29, 1.82) is 0 Å². The molecule has 0 radical (unpaired) electrons. The summed E-state index contributed by atoms with van der Waals surface area (Å²) in [4.78, 5) is 0. The van der Waals surface area contributed by atoms with Crippen LogP contribution in [0.5, 0.6) is 5.75 Å². The fourth-order valence-corrected chi connectivity index (χ4v) is 3.64. The highest BCUT2D eigenvalue weighted by Crippen LogP contribution is 2.39. The maximum atomic E-state index is 5.51. The van der Waals surface area contributed by atoms with Gasteiger partial charge in [-0.15, -0.1) is 0 Å². The van der Waals surface area contributed by atoms with Gasteiger partial charge >= 0.3 is 0 Å². The van der Waals surface area contributed by atoms with E-state index in [1.54, 1.807) is 18.4 Å². The zero-order valence-corrected chi connectivity index (χ0v) is 10.8. The van der Waals surface area contributed by atoms with Crippen LogP contribution in [-0.4, -0.2) is 24.8 Å². The molecule has 2 aliphatic heterocycles. The Morgan fingerprint density at radius 3 is 2.89 bits per heavy atom. The summed E-state index contributed by atoms with van der Waals surface area (Å²) in [5.41, 5.74) is 5.98. The van der Waals surface area contributed by atoms with Gasteiger partial charge in [0.05, 0.1) is 12.6 Å². The molecular formula is C15H18N2O. The molecule has 0 spiro atoms. The minimum Gasteiger partial charge on any atom is -0.496 e. The summed E-state index contributed by atoms with van der Waals surface area (Å²) in [6.45, 7) is 3.34. The molecular weight excluding hydrogens is 224 g/mol. The minimum atomic E-state index is 1.06. The number of methoxy groups -OCH3 is 1. The van der Waals surface area contributed by atoms with Crippen molar-refractivity contribution < 1.29 is 4.74 Å². The van der Waals surface area contributed by atoms with Crippen LogP contribution in [0.4, 0.5) is 0 Å². The van der Waals surface area contributed by atoms with Crippen molar-refractivity contribution in [3.63, 3.8) is 0 Å². The third-order valence-electron chi connectivity index (χ3n) is 4.40. The Balaban J connectivity index is 2.05. The molecule has 0 bridgehead atoms. The molecule has 2 aromatic rings. The van der Waals surface area contributed by atoms with E-state index in [2.05, 4.69) is 22.0 Å². The first-order valence-corrected chi connectivity index (χ1v) is 6.80. The summed E-state index contributed by atoms with van der Waals surface area (Å²) >= 11 is 0. The van der Waals surface area contributed by atoms with E-state index in [1.165, 1.54) is 16.5 Å². The van der Waals surface area contributed by atoms with Crippen LogP contribution in [0.15, 0.2) is 12.1 Å². The first kappa shape index (κ1) is 10.4. The van der Waals surface area contributed by atoms with Crippen molar-refractivity contribution >= 4 is 10.9 Å². The van der Waals surface area contributed by atoms with E-state index in [-0.39, 0.29) is 0 Å². The predicted molar refractivity (Wildman–Crippen MR) is 72.5 cm³/mol. The number of rotatable bonds is 1. The number of benzene rings is 1. The van der Waals surface area contributed by atoms with Gasteiger partial charge in [-0.3, -0.25) is 0 Å². The van der Waals surface area contributed by atoms with Crippen LogP contribution in [0.25, 0.3) is 10.9 Å². The fourth-order valence-electron chi connectivity index (χ4n) is 3.64. The molecule has 94 valence electrons. The Morgan fingerprint density at radius 1 is 1.11 bits per heavy atom. The van der Waals surface area contributed by atoms with E-state index >= 15 is 0 Å². The number of ether oxygens (including phenoxy) is 1. The lowest BCUT2D eigenvalue weighted by Crippen LogP contribution is -2.17. The van der Waals surface area contributed by atoms with Crippen molar-refractivity contribution in [3.8, 4) is 5.75 Å². The zero-order chi connectivity index (χ0) is 12.1. The van der Waals surface area contributed by atoms with Gasteiger partial charge in [0.25, 0.3) is 0 Å². The first-order valence-electron chi connectivity index (χ1n) is 6.80. The molecule has 0 aliphatic carbocycles. The second-order valence-corrected chi connectivity index (χ2v) is 5.22. The predicted octanol–water partition coefficient (Wildman–Crippen LogP) is 1.89. The van der Waals surface area contributed by atoms with E-state index in [0.717, 1.165) is 44.6 Å². The molecule has 0 amide bonds. The normalized spacial score (nSPS) is 17.8. The third-order valence-corrected chi connectivity index (χ3v) is 4.40. The van der Waals surface area contributed by atoms with Gasteiger partial charge in [0.1, 0.15) is 5.75 Å². The van der Waals surface area contributed by atoms with Gasteiger partial charge in [-0.05, 0) is 37.1 Å². The Kier molecular flexibility index (Phi) is 2.18. The van der Waals surface area contributed by atoms with E-state index in [0.29, 0.717) is 0 Å². The molecule has 4 rings (SSSR count). The number of nitrogens with zero attached hydrogens (tertiary/aromatic N) is 1. The number of hydrogen-bond donors (Lipinski definition) is 1. The van der Waals surface area contributed by atoms with Crippen molar-refractivity contribution in [1.82, 2.24) is 9.88 Å². The molecule has 1 aromatic heterocycles. The van der Waals surface area contributed by atoms with Crippen LogP contribution in [0, 0.1) is 0 Å². The van der Waals surface area contributed by atoms with Crippen molar-refractivity contribution in [2.75, 3.05) is 20.2 Å². The van der Waals surface area contributed by atoms with Gasteiger partial charge in [0.15, 0.2) is 0 Å². The van der Waals surface area contributed by atoms with E-state index in [9.17, 15) is 0 Å². The van der Waals surface area contributed by atoms with E-state index in [1.807, 2.05) is 0 Å². The molecule has 3 nitrogen and oxygen atoms in total. The molecule has 0 unspecified atom stereocenters. The summed E-state index contributed by atoms with van der Waals surface area (Å²) in [5, 5.41) is 4.96. The largest absolute Gasteiger partial charge is 0.496 e. The Hall–Kier alpha value is -1.48. The zero-order valence-electron chi connectivity index (χ0n) is 10.8. The Labute approximate surface area is 107 Å². The van der Waals surface area contributed by atoms with Gasteiger partial charge < -0.3 is 14.6 Å². The molecule has 0 fully saturated rings. The standard InChI is InChI=1S/C15H18N2O/c1-18-14-3-2-11-10-4-7-16-8-5-13(10)17-9-6-12(14)15(11)17/h2-3,16H,4-9H2,1H3. The second-order valence-electron chi connectivity index (χ2n) is 5.22. The molecule has 3 heteroatoms. The van der Waals surface area contributed by atoms with Crippen molar-refractivity contribution in [2.45, 2.75) is 25.8 Å². The van der Waals surface area contributed by atoms with Crippen molar-refractivity contribution in [2.24, 2.45) is 0 Å². The summed E-state index contributed by atoms with van der Waals surface area (Å²) < 4.78 is 8.05. The highest BCUT2D eigenvalue weighted by molar-refractivity contribution is 5.91. The minimum absolute atomic E-state index is 1.06. The second kappa shape index (κ2) is 3.75. The summed E-state index contributed by atoms with van der Waals surface area (Å²) in [6.07, 6.45) is 3.44. The quantitative estimate of drug-likeness (QED) is 0.826. The van der Waals surface area contributed by atoms with Crippen LogP contribution in [-0.2, 0) is 25.8 Å². The number of fused-ring (bicyclic) bond motifs is 3. The number of aromatic nitrogens is 1. The average molecular weight is 242 g/mol. The fraction of sp³-hybridized carbons (Fsp3) is 0.467. The smallest absolute Gasteiger partial charge is 0.124 e. The molecule has 1 N–H and O–H groups in total. The molecule has 2 aliphatic rings. The van der Waals surface area contributed by atoms with Gasteiger partial charge in [-0.25, -0.2) is 0 Å². The molecule has 3 heterocycles. The molecule has 1 aromatic carbocycles. The lowest BCUT2D eigenvalue weighted by Gasteiger charge is -2.06. The number of hydrogen-bond acceptors (Lipinski definition) is 2. The lowest BCUT2D eigenvalue weighted by molar-refractivity contribution is 0.411. The third kappa shape index (κ3) is 1.23. The van der Waals surface area contributed by atoms with Crippen molar-refractivity contribution in [3.05, 3.63) is 29.0 Å². The summed E-state index contributed by atoms with van der Waals surface area (Å²) in [6, 6.07) is 4.40. The first-order chi connectivity index (χ1) is 8.90. The average Bonchev–Trinajstić information content (AvgIpc) is 2.86. The monoisotopic (exact) mass is 242 g/mol. The maximum Gasteiger partial charge on any atom is 0.124 e. The summed E-state index contributed by atoms with van der Waals surface area (Å²) in [5.74, 6) is 1.06. The van der Waals surface area contributed by atoms with Crippen LogP contribution in [0.1, 0.15) is 16.8 Å². The van der Waals surface area contributed by atoms with E-state index in [4.69, 9.17) is 4.74 Å². The highest BCUT2D eigenvalue weighted by atomic mass is 16.5. The lowest BCUT2D eigenvalue weighted by atomic mass is 10.0. The van der Waals surface area contributed by atoms with Crippen LogP contribution >= 0.6 is 0 Å². The SMILES string of the molecule is COc1ccc2c3c(n4c2c1CC4)CCNCC3. The van der Waals surface area contributed by atoms with Gasteiger partial charge in [0.2, 0.25) is 0 Å². The topological polar surface area (TPSA) is 26.2 Å². The summed E-state index contributed by atoms with van der Waals surface area (Å²) in [7, 11) is 1.78. The number of nitrogens with one attached hydrogen (secondary N) is 1. The Bertz CT molecular complexity index is 627. The van der Waals surface area contributed by atoms with Crippen LogP contribution in [0.2, 0.25) is 0 Å². The molecule has 18 heavy (non-hydrogen) atoms. The van der Waals surface area contributed by atoms with Gasteiger partial charge in [-0.2, -0.15) is 0 Å². The van der Waals surface area contributed by atoms with Gasteiger partial charge in [0, 0.05) is 36.2 Å². The van der Waals surface area contributed by atoms with Crippen LogP contribution in [0.3, 0.4) is 0 Å². The number of aryl methyl sites for hydroxylation is 2. The molecule has 0 saturated carbocycles. The molecule has 0 atom stereocenters. The Morgan fingerprint density at radius 2 is 2.00 bits per heavy atom. The van der Waals surface area contributed by atoms with Crippen LogP contribution < -0.4 is 10.1 Å². The van der Waals surface area contributed by atoms with E-state index < -0.39 is 0 Å². The molecule has 0 saturated heterocycles. The van der Waals surface area contributed by atoms with Gasteiger partial charge in [-0.1, -0.05) is 0 Å². The highest BCUT2D eigenvalue weighted by Gasteiger charge is 2.26.